The van der Waals surface area contributed by atoms with Crippen LogP contribution in [0.3, 0.4) is 0 Å². The third kappa shape index (κ3) is 7.12. The van der Waals surface area contributed by atoms with E-state index in [0.29, 0.717) is 23.3 Å². The quantitative estimate of drug-likeness (QED) is 0.379. The SMILES string of the molecule is CCOC(=O)CC[C@H](N=C1NC(=O)C(=Cc2ccc(N3CCC4(CC3)OCCO4)cc2)S1)C(=O)OCC. The fourth-order valence-electron chi connectivity index (χ4n) is 4.42. The molecule has 0 bridgehead atoms. The molecule has 10 nitrogen and oxygen atoms in total. The predicted molar refractivity (Wildman–Crippen MR) is 140 cm³/mol. The van der Waals surface area contributed by atoms with E-state index in [0.717, 1.165) is 48.9 Å². The molecule has 0 saturated carbocycles. The van der Waals surface area contributed by atoms with Gasteiger partial charge in [-0.3, -0.25) is 9.59 Å². The minimum atomic E-state index is -0.908. The van der Waals surface area contributed by atoms with Crippen molar-refractivity contribution in [3.8, 4) is 0 Å². The molecule has 3 aliphatic rings. The lowest BCUT2D eigenvalue weighted by atomic mass is 10.0. The van der Waals surface area contributed by atoms with Crippen molar-refractivity contribution in [1.29, 1.82) is 0 Å². The van der Waals surface area contributed by atoms with E-state index in [9.17, 15) is 14.4 Å². The number of anilines is 1. The van der Waals surface area contributed by atoms with Crippen molar-refractivity contribution in [2.24, 2.45) is 4.99 Å². The standard InChI is InChI=1S/C26H33N3O7S/c1-3-33-22(30)10-9-20(24(32)34-4-2)27-25-28-23(31)21(37-25)17-18-5-7-19(8-6-18)29-13-11-26(12-14-29)35-15-16-36-26/h5-8,17,20H,3-4,9-16H2,1-2H3,(H,27,28,31)/t20-/m0/s1. The van der Waals surface area contributed by atoms with Crippen molar-refractivity contribution in [1.82, 2.24) is 5.32 Å². The molecule has 3 aliphatic heterocycles. The maximum absolute atomic E-state index is 12.6. The zero-order valence-electron chi connectivity index (χ0n) is 21.2. The van der Waals surface area contributed by atoms with Crippen molar-refractivity contribution < 1.29 is 33.3 Å². The summed E-state index contributed by atoms with van der Waals surface area (Å²) in [6.07, 6.45) is 3.62. The second kappa shape index (κ2) is 12.6. The van der Waals surface area contributed by atoms with Gasteiger partial charge in [0.2, 0.25) is 0 Å². The van der Waals surface area contributed by atoms with Crippen LogP contribution in [0.2, 0.25) is 0 Å². The average Bonchev–Trinajstić information content (AvgIpc) is 3.49. The van der Waals surface area contributed by atoms with Crippen LogP contribution in [0.15, 0.2) is 34.2 Å². The van der Waals surface area contributed by atoms with E-state index in [-0.39, 0.29) is 32.0 Å². The van der Waals surface area contributed by atoms with Crippen molar-refractivity contribution in [3.05, 3.63) is 34.7 Å². The number of thioether (sulfide) groups is 1. The fourth-order valence-corrected chi connectivity index (χ4v) is 5.29. The summed E-state index contributed by atoms with van der Waals surface area (Å²) in [6, 6.07) is 7.12. The lowest BCUT2D eigenvalue weighted by Gasteiger charge is -2.38. The molecular formula is C26H33N3O7S. The summed E-state index contributed by atoms with van der Waals surface area (Å²) < 4.78 is 21.6. The van der Waals surface area contributed by atoms with Crippen molar-refractivity contribution in [3.63, 3.8) is 0 Å². The molecule has 1 N–H and O–H groups in total. The van der Waals surface area contributed by atoms with Crippen LogP contribution in [0.4, 0.5) is 5.69 Å². The second-order valence-corrected chi connectivity index (χ2v) is 9.83. The van der Waals surface area contributed by atoms with Crippen molar-refractivity contribution in [2.45, 2.75) is 51.4 Å². The fraction of sp³-hybridized carbons (Fsp3) is 0.538. The maximum Gasteiger partial charge on any atom is 0.330 e. The van der Waals surface area contributed by atoms with Gasteiger partial charge in [0, 0.05) is 38.0 Å². The molecular weight excluding hydrogens is 498 g/mol. The third-order valence-electron chi connectivity index (χ3n) is 6.30. The Morgan fingerprint density at radius 1 is 1.14 bits per heavy atom. The van der Waals surface area contributed by atoms with E-state index in [4.69, 9.17) is 18.9 Å². The largest absolute Gasteiger partial charge is 0.466 e. The molecule has 1 spiro atoms. The highest BCUT2D eigenvalue weighted by Gasteiger charge is 2.39. The zero-order valence-corrected chi connectivity index (χ0v) is 22.0. The smallest absolute Gasteiger partial charge is 0.330 e. The first-order chi connectivity index (χ1) is 17.9. The number of carbonyl (C=O) groups is 3. The first kappa shape index (κ1) is 27.2. The van der Waals surface area contributed by atoms with Gasteiger partial charge >= 0.3 is 11.9 Å². The molecule has 37 heavy (non-hydrogen) atoms. The summed E-state index contributed by atoms with van der Waals surface area (Å²) in [5, 5.41) is 3.00. The van der Waals surface area contributed by atoms with Gasteiger partial charge < -0.3 is 29.2 Å². The number of amides is 1. The number of aliphatic imine (C=N–C) groups is 1. The lowest BCUT2D eigenvalue weighted by molar-refractivity contribution is -0.169. The average molecular weight is 532 g/mol. The number of piperidine rings is 1. The van der Waals surface area contributed by atoms with Crippen LogP contribution in [0.25, 0.3) is 6.08 Å². The van der Waals surface area contributed by atoms with Crippen LogP contribution in [0.5, 0.6) is 0 Å². The summed E-state index contributed by atoms with van der Waals surface area (Å²) in [6.45, 7) is 6.92. The van der Waals surface area contributed by atoms with Gasteiger partial charge in [0.25, 0.3) is 5.91 Å². The third-order valence-corrected chi connectivity index (χ3v) is 7.23. The molecule has 3 saturated heterocycles. The molecule has 1 aromatic carbocycles. The molecule has 4 rings (SSSR count). The summed E-state index contributed by atoms with van der Waals surface area (Å²) >= 11 is 1.15. The number of benzene rings is 1. The predicted octanol–water partition coefficient (Wildman–Crippen LogP) is 2.86. The van der Waals surface area contributed by atoms with Gasteiger partial charge in [0.1, 0.15) is 0 Å². The molecule has 0 radical (unpaired) electrons. The van der Waals surface area contributed by atoms with E-state index < -0.39 is 23.8 Å². The minimum Gasteiger partial charge on any atom is -0.466 e. The molecule has 200 valence electrons. The number of nitrogens with zero attached hydrogens (tertiary/aromatic N) is 2. The molecule has 0 unspecified atom stereocenters. The Balaban J connectivity index is 1.38. The van der Waals surface area contributed by atoms with Crippen LogP contribution >= 0.6 is 11.8 Å². The van der Waals surface area contributed by atoms with E-state index >= 15 is 0 Å². The van der Waals surface area contributed by atoms with Crippen molar-refractivity contribution in [2.75, 3.05) is 44.4 Å². The summed E-state index contributed by atoms with van der Waals surface area (Å²) in [5.74, 6) is -1.65. The highest BCUT2D eigenvalue weighted by molar-refractivity contribution is 8.18. The first-order valence-corrected chi connectivity index (χ1v) is 13.5. The number of amidine groups is 1. The van der Waals surface area contributed by atoms with Crippen LogP contribution in [0.1, 0.15) is 45.1 Å². The second-order valence-electron chi connectivity index (χ2n) is 8.80. The number of carbonyl (C=O) groups excluding carboxylic acids is 3. The molecule has 1 atom stereocenters. The number of esters is 2. The van der Waals surface area contributed by atoms with E-state index in [2.05, 4.69) is 15.2 Å². The molecule has 3 heterocycles. The van der Waals surface area contributed by atoms with Gasteiger partial charge in [0.05, 0.1) is 31.3 Å². The molecule has 1 amide bonds. The van der Waals surface area contributed by atoms with Crippen LogP contribution in [-0.2, 0) is 33.3 Å². The molecule has 0 aromatic heterocycles. The Kier molecular flexibility index (Phi) is 9.23. The minimum absolute atomic E-state index is 0.0276. The Morgan fingerprint density at radius 2 is 1.81 bits per heavy atom. The molecule has 11 heteroatoms. The molecule has 3 fully saturated rings. The topological polar surface area (TPSA) is 116 Å². The van der Waals surface area contributed by atoms with Gasteiger partial charge in [0.15, 0.2) is 17.0 Å². The number of hydrogen-bond donors (Lipinski definition) is 1. The number of ether oxygens (including phenoxy) is 4. The summed E-state index contributed by atoms with van der Waals surface area (Å²) in [4.78, 5) is 43.8. The van der Waals surface area contributed by atoms with Crippen LogP contribution in [0, 0.1) is 0 Å². The van der Waals surface area contributed by atoms with Gasteiger partial charge in [-0.1, -0.05) is 12.1 Å². The van der Waals surface area contributed by atoms with Crippen LogP contribution in [-0.4, -0.2) is 74.4 Å². The first-order valence-electron chi connectivity index (χ1n) is 12.7. The number of hydrogen-bond acceptors (Lipinski definition) is 10. The lowest BCUT2D eigenvalue weighted by Crippen LogP contribution is -2.45. The van der Waals surface area contributed by atoms with Crippen LogP contribution < -0.4 is 10.2 Å². The van der Waals surface area contributed by atoms with Gasteiger partial charge in [-0.25, -0.2) is 9.79 Å². The molecule has 0 aliphatic carbocycles. The van der Waals surface area contributed by atoms with Gasteiger partial charge in [-0.05, 0) is 55.8 Å². The number of rotatable bonds is 9. The van der Waals surface area contributed by atoms with Gasteiger partial charge in [-0.15, -0.1) is 0 Å². The monoisotopic (exact) mass is 531 g/mol. The number of nitrogens with one attached hydrogen (secondary N) is 1. The van der Waals surface area contributed by atoms with E-state index in [1.807, 2.05) is 24.3 Å². The highest BCUT2D eigenvalue weighted by Crippen LogP contribution is 2.33. The Morgan fingerprint density at radius 3 is 2.46 bits per heavy atom. The maximum atomic E-state index is 12.6. The summed E-state index contributed by atoms with van der Waals surface area (Å²) in [7, 11) is 0. The Bertz CT molecular complexity index is 1040. The summed E-state index contributed by atoms with van der Waals surface area (Å²) in [5.41, 5.74) is 1.99. The molecule has 1 aromatic rings. The zero-order chi connectivity index (χ0) is 26.3. The Hall–Kier alpha value is -2.89. The van der Waals surface area contributed by atoms with E-state index in [1.165, 1.54) is 0 Å². The van der Waals surface area contributed by atoms with E-state index in [1.54, 1.807) is 19.9 Å². The normalized spacial score (nSPS) is 21.9. The Labute approximate surface area is 220 Å². The van der Waals surface area contributed by atoms with Gasteiger partial charge in [-0.2, -0.15) is 0 Å². The van der Waals surface area contributed by atoms with Crippen molar-refractivity contribution >= 4 is 46.5 Å². The highest BCUT2D eigenvalue weighted by atomic mass is 32.2.